The van der Waals surface area contributed by atoms with Crippen LogP contribution in [0.2, 0.25) is 0 Å². The number of ether oxygens (including phenoxy) is 1. The minimum atomic E-state index is -1.60. The Bertz CT molecular complexity index is 1390. The minimum Gasteiger partial charge on any atom is -0.480 e. The number of amides is 1. The van der Waals surface area contributed by atoms with Gasteiger partial charge in [0.2, 0.25) is 0 Å². The van der Waals surface area contributed by atoms with Crippen molar-refractivity contribution in [1.82, 2.24) is 10.2 Å². The van der Waals surface area contributed by atoms with E-state index in [0.717, 1.165) is 4.90 Å². The fourth-order valence-electron chi connectivity index (χ4n) is 4.85. The first kappa shape index (κ1) is 36.5. The van der Waals surface area contributed by atoms with Crippen LogP contribution in [0.4, 0.5) is 39.9 Å². The normalized spacial score (nSPS) is 21.3. The molecular weight excluding hydrogens is 636 g/mol. The number of carboxylic acids is 2. The number of nitrogens with zero attached hydrogens (tertiary/aromatic N) is 1. The van der Waals surface area contributed by atoms with E-state index in [2.05, 4.69) is 5.32 Å². The third kappa shape index (κ3) is 7.88. The first-order valence-electron chi connectivity index (χ1n) is 12.7. The molecule has 2 fully saturated rings. The number of carboxylic acid groups (broad SMARTS) is 2. The minimum absolute atomic E-state index is 0. The van der Waals surface area contributed by atoms with Crippen molar-refractivity contribution in [3.8, 4) is 0 Å². The lowest BCUT2D eigenvalue weighted by Crippen LogP contribution is -2.43. The zero-order chi connectivity index (χ0) is 32.5. The maximum Gasteiger partial charge on any atom is 0.411 e. The van der Waals surface area contributed by atoms with Crippen LogP contribution in [0.3, 0.4) is 0 Å². The van der Waals surface area contributed by atoms with E-state index in [1.54, 1.807) is 20.8 Å². The molecule has 2 aromatic carbocycles. The van der Waals surface area contributed by atoms with E-state index in [0.29, 0.717) is 0 Å². The van der Waals surface area contributed by atoms with Gasteiger partial charge in [0, 0.05) is 48.2 Å². The first-order chi connectivity index (χ1) is 19.8. The number of benzene rings is 2. The Labute approximate surface area is 251 Å². The van der Waals surface area contributed by atoms with Crippen molar-refractivity contribution in [3.63, 3.8) is 0 Å². The molecular formula is C27H27ClF8N2O6. The maximum absolute atomic E-state index is 14.0. The van der Waals surface area contributed by atoms with Gasteiger partial charge in [0.25, 0.3) is 0 Å². The predicted octanol–water partition coefficient (Wildman–Crippen LogP) is 5.62. The lowest BCUT2D eigenvalue weighted by molar-refractivity contribution is -0.142. The van der Waals surface area contributed by atoms with Crippen molar-refractivity contribution in [2.45, 2.75) is 63.1 Å². The third-order valence-corrected chi connectivity index (χ3v) is 6.75. The molecule has 244 valence electrons. The molecule has 44 heavy (non-hydrogen) atoms. The molecule has 2 saturated heterocycles. The van der Waals surface area contributed by atoms with Crippen LogP contribution in [0.25, 0.3) is 0 Å². The zero-order valence-electron chi connectivity index (χ0n) is 23.2. The van der Waals surface area contributed by atoms with Crippen molar-refractivity contribution in [2.75, 3.05) is 13.1 Å². The molecule has 2 aromatic rings. The SMILES string of the molecule is CC(C)(C)OC(=O)N1C[C@@H](c2c(F)c(F)cc(F)c2F)CC1C(=O)O.Cl.O=C(O)C1C[C@H](c2c(F)c(F)cc(F)c2F)CN1. The summed E-state index contributed by atoms with van der Waals surface area (Å²) in [4.78, 5) is 35.0. The van der Waals surface area contributed by atoms with E-state index in [1.807, 2.05) is 0 Å². The van der Waals surface area contributed by atoms with Gasteiger partial charge >= 0.3 is 18.0 Å². The Morgan fingerprint density at radius 1 is 0.773 bits per heavy atom. The molecule has 17 heteroatoms. The van der Waals surface area contributed by atoms with Crippen LogP contribution in [0.15, 0.2) is 12.1 Å². The van der Waals surface area contributed by atoms with Gasteiger partial charge in [0.05, 0.1) is 0 Å². The largest absolute Gasteiger partial charge is 0.480 e. The highest BCUT2D eigenvalue weighted by Gasteiger charge is 2.44. The summed E-state index contributed by atoms with van der Waals surface area (Å²) in [6.45, 7) is 4.21. The van der Waals surface area contributed by atoms with Crippen molar-refractivity contribution >= 4 is 30.4 Å². The molecule has 3 N–H and O–H groups in total. The molecule has 4 atom stereocenters. The number of likely N-dealkylation sites (tertiary alicyclic amines) is 1. The second-order valence-corrected chi connectivity index (χ2v) is 10.9. The molecule has 0 aromatic heterocycles. The van der Waals surface area contributed by atoms with Crippen LogP contribution in [-0.2, 0) is 14.3 Å². The zero-order valence-corrected chi connectivity index (χ0v) is 24.0. The van der Waals surface area contributed by atoms with E-state index in [-0.39, 0.29) is 37.5 Å². The Morgan fingerprint density at radius 2 is 1.20 bits per heavy atom. The highest BCUT2D eigenvalue weighted by Crippen LogP contribution is 2.37. The Hall–Kier alpha value is -3.66. The summed E-state index contributed by atoms with van der Waals surface area (Å²) in [7, 11) is 0. The Morgan fingerprint density at radius 3 is 1.57 bits per heavy atom. The maximum atomic E-state index is 14.0. The lowest BCUT2D eigenvalue weighted by Gasteiger charge is -2.26. The summed E-state index contributed by atoms with van der Waals surface area (Å²) >= 11 is 0. The van der Waals surface area contributed by atoms with Gasteiger partial charge in [-0.15, -0.1) is 12.4 Å². The van der Waals surface area contributed by atoms with Gasteiger partial charge in [-0.3, -0.25) is 9.69 Å². The fourth-order valence-corrected chi connectivity index (χ4v) is 4.85. The fraction of sp³-hybridized carbons (Fsp3) is 0.444. The molecule has 2 aliphatic rings. The number of hydrogen-bond acceptors (Lipinski definition) is 5. The molecule has 0 radical (unpaired) electrons. The molecule has 0 aliphatic carbocycles. The quantitative estimate of drug-likeness (QED) is 0.288. The molecule has 1 amide bonds. The molecule has 0 saturated carbocycles. The van der Waals surface area contributed by atoms with Gasteiger partial charge in [-0.1, -0.05) is 0 Å². The highest BCUT2D eigenvalue weighted by molar-refractivity contribution is 5.85. The van der Waals surface area contributed by atoms with Crippen LogP contribution >= 0.6 is 12.4 Å². The topological polar surface area (TPSA) is 116 Å². The standard InChI is InChI=1S/C16H17F4NO4.C11H9F4NO2.ClH/c1-16(2,3)25-15(24)21-6-7(4-10(21)14(22)23)11-12(19)8(17)5-9(18)13(11)20;12-5-2-6(13)10(15)8(9(5)14)4-1-7(11(17)18)16-3-4;/h5,7,10H,4,6H2,1-3H3,(H,22,23);2,4,7,16H,1,3H2,(H,17,18);1H/t7-,10?;4-,7?;/m00./s1. The number of rotatable bonds is 4. The number of carbonyl (C=O) groups is 3. The van der Waals surface area contributed by atoms with Crippen molar-refractivity contribution in [2.24, 2.45) is 0 Å². The van der Waals surface area contributed by atoms with Crippen LogP contribution in [-0.4, -0.2) is 63.9 Å². The summed E-state index contributed by atoms with van der Waals surface area (Å²) in [5.41, 5.74) is -2.56. The van der Waals surface area contributed by atoms with Gasteiger partial charge in [0.1, 0.15) is 17.7 Å². The smallest absolute Gasteiger partial charge is 0.411 e. The average Bonchev–Trinajstić information content (AvgIpc) is 3.55. The summed E-state index contributed by atoms with van der Waals surface area (Å²) < 4.78 is 113. The number of nitrogens with one attached hydrogen (secondary N) is 1. The van der Waals surface area contributed by atoms with Crippen LogP contribution in [0.1, 0.15) is 56.6 Å². The molecule has 8 nitrogen and oxygen atoms in total. The van der Waals surface area contributed by atoms with Crippen molar-refractivity contribution in [1.29, 1.82) is 0 Å². The molecule has 0 spiro atoms. The van der Waals surface area contributed by atoms with Gasteiger partial charge in [0.15, 0.2) is 46.5 Å². The van der Waals surface area contributed by atoms with Crippen molar-refractivity contribution < 1.29 is 64.5 Å². The van der Waals surface area contributed by atoms with E-state index in [1.165, 1.54) is 0 Å². The van der Waals surface area contributed by atoms with Gasteiger partial charge < -0.3 is 20.3 Å². The van der Waals surface area contributed by atoms with E-state index in [9.17, 15) is 54.6 Å². The Balaban J connectivity index is 0.000000315. The molecule has 2 heterocycles. The molecule has 2 aliphatic heterocycles. The van der Waals surface area contributed by atoms with Gasteiger partial charge in [-0.2, -0.15) is 0 Å². The molecule has 2 unspecified atom stereocenters. The highest BCUT2D eigenvalue weighted by atomic mass is 35.5. The summed E-state index contributed by atoms with van der Waals surface area (Å²) in [6, 6.07) is -2.20. The van der Waals surface area contributed by atoms with Crippen molar-refractivity contribution in [3.05, 3.63) is 69.8 Å². The van der Waals surface area contributed by atoms with Crippen LogP contribution in [0.5, 0.6) is 0 Å². The summed E-state index contributed by atoms with van der Waals surface area (Å²) in [5.74, 6) is -17.0. The number of hydrogen-bond donors (Lipinski definition) is 3. The predicted molar refractivity (Wildman–Crippen MR) is 138 cm³/mol. The number of aliphatic carboxylic acids is 2. The number of halogens is 9. The number of carbonyl (C=O) groups excluding carboxylic acids is 1. The summed E-state index contributed by atoms with van der Waals surface area (Å²) in [6.07, 6.45) is -1.50. The molecule has 4 rings (SSSR count). The van der Waals surface area contributed by atoms with E-state index >= 15 is 0 Å². The van der Waals surface area contributed by atoms with Gasteiger partial charge in [-0.05, 0) is 33.6 Å². The monoisotopic (exact) mass is 662 g/mol. The van der Waals surface area contributed by atoms with E-state index < -0.39 is 118 Å². The van der Waals surface area contributed by atoms with Crippen LogP contribution < -0.4 is 5.32 Å². The van der Waals surface area contributed by atoms with Crippen LogP contribution in [0, 0.1) is 46.5 Å². The summed E-state index contributed by atoms with van der Waals surface area (Å²) in [5, 5.41) is 20.5. The second kappa shape index (κ2) is 14.0. The van der Waals surface area contributed by atoms with E-state index in [4.69, 9.17) is 9.84 Å². The van der Waals surface area contributed by atoms with Gasteiger partial charge in [-0.25, -0.2) is 44.7 Å². The average molecular weight is 663 g/mol. The lowest BCUT2D eigenvalue weighted by atomic mass is 9.95. The third-order valence-electron chi connectivity index (χ3n) is 6.75. The first-order valence-corrected chi connectivity index (χ1v) is 12.7. The molecule has 0 bridgehead atoms. The second-order valence-electron chi connectivity index (χ2n) is 10.9. The Kier molecular flexibility index (Phi) is 11.6.